The number of amides is 1. The maximum Gasteiger partial charge on any atom is 0.293 e. The summed E-state index contributed by atoms with van der Waals surface area (Å²) in [7, 11) is 0. The van der Waals surface area contributed by atoms with Crippen molar-refractivity contribution in [2.45, 2.75) is 12.8 Å². The van der Waals surface area contributed by atoms with Crippen molar-refractivity contribution < 1.29 is 9.59 Å². The van der Waals surface area contributed by atoms with Gasteiger partial charge < -0.3 is 5.32 Å². The average molecular weight is 347 g/mol. The van der Waals surface area contributed by atoms with Gasteiger partial charge in [-0.15, -0.1) is 0 Å². The second-order valence-electron chi connectivity index (χ2n) is 4.87. The van der Waals surface area contributed by atoms with Gasteiger partial charge in [-0.25, -0.2) is 0 Å². The number of anilines is 1. The molecule has 0 aliphatic rings. The number of ketones is 1. The molecule has 2 aromatic rings. The number of benzene rings is 2. The normalized spacial score (nSPS) is 11.4. The quantitative estimate of drug-likeness (QED) is 0.846. The van der Waals surface area contributed by atoms with E-state index in [0.717, 1.165) is 5.56 Å². The molecule has 23 heavy (non-hydrogen) atoms. The topological polar surface area (TPSA) is 70.0 Å². The number of hydrogen-bond acceptors (Lipinski definition) is 3. The Morgan fingerprint density at radius 2 is 1.83 bits per heavy atom. The summed E-state index contributed by atoms with van der Waals surface area (Å²) in [5.74, 6) is -2.86. The molecule has 0 heterocycles. The summed E-state index contributed by atoms with van der Waals surface area (Å²) in [5, 5.41) is 12.3. The van der Waals surface area contributed by atoms with E-state index in [2.05, 4.69) is 5.32 Å². The van der Waals surface area contributed by atoms with Gasteiger partial charge >= 0.3 is 0 Å². The van der Waals surface area contributed by atoms with E-state index < -0.39 is 17.6 Å². The number of rotatable bonds is 4. The molecule has 4 nitrogen and oxygen atoms in total. The standard InChI is InChI=1S/C17H12Cl2N2O2/c1-10-4-2-3-5-12(10)13(9-20)16(22)17(23)21-11-6-7-14(18)15(19)8-11/h2-8,13H,1H3,(H,21,23)/t13-/m0/s1. The van der Waals surface area contributed by atoms with Gasteiger partial charge in [-0.1, -0.05) is 47.5 Å². The summed E-state index contributed by atoms with van der Waals surface area (Å²) in [5.41, 5.74) is 1.62. The zero-order chi connectivity index (χ0) is 17.0. The van der Waals surface area contributed by atoms with Gasteiger partial charge in [0.15, 0.2) is 0 Å². The minimum absolute atomic E-state index is 0.257. The van der Waals surface area contributed by atoms with Crippen molar-refractivity contribution in [1.29, 1.82) is 5.26 Å². The van der Waals surface area contributed by atoms with Gasteiger partial charge in [-0.3, -0.25) is 9.59 Å². The number of nitriles is 1. The third kappa shape index (κ3) is 3.89. The van der Waals surface area contributed by atoms with Crippen molar-refractivity contribution in [3.63, 3.8) is 0 Å². The Labute approximate surface area is 143 Å². The third-order valence-electron chi connectivity index (χ3n) is 3.29. The average Bonchev–Trinajstić information content (AvgIpc) is 2.53. The highest BCUT2D eigenvalue weighted by Gasteiger charge is 2.28. The molecule has 1 N–H and O–H groups in total. The maximum atomic E-state index is 12.3. The molecule has 0 bridgehead atoms. The number of carbonyl (C=O) groups is 2. The molecule has 0 aromatic heterocycles. The van der Waals surface area contributed by atoms with E-state index in [0.29, 0.717) is 16.3 Å². The Morgan fingerprint density at radius 3 is 2.43 bits per heavy atom. The Hall–Kier alpha value is -2.35. The molecular weight excluding hydrogens is 335 g/mol. The van der Waals surface area contributed by atoms with Crippen LogP contribution in [0.2, 0.25) is 10.0 Å². The number of nitrogens with zero attached hydrogens (tertiary/aromatic N) is 1. The highest BCUT2D eigenvalue weighted by Crippen LogP contribution is 2.26. The predicted octanol–water partition coefficient (Wildman–Crippen LogP) is 4.12. The summed E-state index contributed by atoms with van der Waals surface area (Å²) in [6.45, 7) is 1.78. The fourth-order valence-electron chi connectivity index (χ4n) is 2.08. The molecule has 6 heteroatoms. The van der Waals surface area contributed by atoms with Crippen LogP contribution in [0.1, 0.15) is 17.0 Å². The zero-order valence-corrected chi connectivity index (χ0v) is 13.7. The number of Topliss-reactive ketones (excluding diaryl/α,β-unsaturated/α-hetero) is 1. The molecule has 0 fully saturated rings. The Kier molecular flexibility index (Phi) is 5.38. The molecule has 116 valence electrons. The second kappa shape index (κ2) is 7.28. The van der Waals surface area contributed by atoms with E-state index in [1.807, 2.05) is 6.07 Å². The van der Waals surface area contributed by atoms with E-state index in [9.17, 15) is 14.9 Å². The molecule has 0 saturated carbocycles. The summed E-state index contributed by atoms with van der Waals surface area (Å²) in [6, 6.07) is 13.3. The van der Waals surface area contributed by atoms with Crippen molar-refractivity contribution in [2.24, 2.45) is 0 Å². The van der Waals surface area contributed by atoms with Crippen LogP contribution in [0.15, 0.2) is 42.5 Å². The van der Waals surface area contributed by atoms with Gasteiger partial charge in [-0.2, -0.15) is 5.26 Å². The molecule has 0 unspecified atom stereocenters. The lowest BCUT2D eigenvalue weighted by Crippen LogP contribution is -2.28. The van der Waals surface area contributed by atoms with Crippen LogP contribution < -0.4 is 5.32 Å². The van der Waals surface area contributed by atoms with Gasteiger partial charge in [0, 0.05) is 5.69 Å². The van der Waals surface area contributed by atoms with Crippen LogP contribution in [-0.2, 0) is 9.59 Å². The lowest BCUT2D eigenvalue weighted by molar-refractivity contribution is -0.135. The zero-order valence-electron chi connectivity index (χ0n) is 12.1. The maximum absolute atomic E-state index is 12.3. The highest BCUT2D eigenvalue weighted by atomic mass is 35.5. The first-order valence-electron chi connectivity index (χ1n) is 6.69. The van der Waals surface area contributed by atoms with Gasteiger partial charge in [-0.05, 0) is 36.2 Å². The monoisotopic (exact) mass is 346 g/mol. The predicted molar refractivity (Wildman–Crippen MR) is 89.6 cm³/mol. The number of carbonyl (C=O) groups excluding carboxylic acids is 2. The number of halogens is 2. The molecule has 1 amide bonds. The van der Waals surface area contributed by atoms with Gasteiger partial charge in [0.1, 0.15) is 5.92 Å². The Balaban J connectivity index is 2.21. The molecule has 0 saturated heterocycles. The Bertz CT molecular complexity index is 812. The number of nitrogens with one attached hydrogen (secondary N) is 1. The summed E-state index contributed by atoms with van der Waals surface area (Å²) in [4.78, 5) is 24.4. The molecule has 0 aliphatic carbocycles. The number of hydrogen-bond donors (Lipinski definition) is 1. The molecule has 2 rings (SSSR count). The van der Waals surface area contributed by atoms with Crippen molar-refractivity contribution in [3.8, 4) is 6.07 Å². The van der Waals surface area contributed by atoms with Crippen LogP contribution in [0.4, 0.5) is 5.69 Å². The van der Waals surface area contributed by atoms with E-state index in [4.69, 9.17) is 23.2 Å². The molecule has 0 radical (unpaired) electrons. The smallest absolute Gasteiger partial charge is 0.293 e. The van der Waals surface area contributed by atoms with Crippen LogP contribution in [-0.4, -0.2) is 11.7 Å². The first kappa shape index (κ1) is 17.0. The van der Waals surface area contributed by atoms with E-state index >= 15 is 0 Å². The fourth-order valence-corrected chi connectivity index (χ4v) is 2.38. The van der Waals surface area contributed by atoms with Gasteiger partial charge in [0.05, 0.1) is 16.1 Å². The summed E-state index contributed by atoms with van der Waals surface area (Å²) < 4.78 is 0. The minimum Gasteiger partial charge on any atom is -0.319 e. The van der Waals surface area contributed by atoms with Crippen LogP contribution >= 0.6 is 23.2 Å². The van der Waals surface area contributed by atoms with Gasteiger partial charge in [0.2, 0.25) is 5.78 Å². The third-order valence-corrected chi connectivity index (χ3v) is 4.03. The SMILES string of the molecule is Cc1ccccc1[C@H](C#N)C(=O)C(=O)Nc1ccc(Cl)c(Cl)c1. The minimum atomic E-state index is -1.15. The lowest BCUT2D eigenvalue weighted by atomic mass is 9.92. The van der Waals surface area contributed by atoms with E-state index in [1.165, 1.54) is 18.2 Å². The first-order chi connectivity index (χ1) is 10.9. The van der Waals surface area contributed by atoms with Crippen LogP contribution in [0.3, 0.4) is 0 Å². The van der Waals surface area contributed by atoms with Crippen LogP contribution in [0, 0.1) is 18.3 Å². The van der Waals surface area contributed by atoms with E-state index in [1.54, 1.807) is 31.2 Å². The molecule has 0 aliphatic heterocycles. The van der Waals surface area contributed by atoms with E-state index in [-0.39, 0.29) is 5.02 Å². The number of aryl methyl sites for hydroxylation is 1. The molecular formula is C17H12Cl2N2O2. The fraction of sp³-hybridized carbons (Fsp3) is 0.118. The summed E-state index contributed by atoms with van der Waals surface area (Å²) >= 11 is 11.7. The Morgan fingerprint density at radius 1 is 1.13 bits per heavy atom. The summed E-state index contributed by atoms with van der Waals surface area (Å²) in [6.07, 6.45) is 0. The molecule has 0 spiro atoms. The van der Waals surface area contributed by atoms with Crippen LogP contribution in [0.25, 0.3) is 0 Å². The highest BCUT2D eigenvalue weighted by molar-refractivity contribution is 6.44. The van der Waals surface area contributed by atoms with Crippen LogP contribution in [0.5, 0.6) is 0 Å². The van der Waals surface area contributed by atoms with Gasteiger partial charge in [0.25, 0.3) is 5.91 Å². The second-order valence-corrected chi connectivity index (χ2v) is 5.68. The van der Waals surface area contributed by atoms with Crippen molar-refractivity contribution >= 4 is 40.6 Å². The molecule has 1 atom stereocenters. The van der Waals surface area contributed by atoms with Crippen molar-refractivity contribution in [1.82, 2.24) is 0 Å². The van der Waals surface area contributed by atoms with Crippen molar-refractivity contribution in [3.05, 3.63) is 63.6 Å². The lowest BCUT2D eigenvalue weighted by Gasteiger charge is -2.11. The first-order valence-corrected chi connectivity index (χ1v) is 7.45. The van der Waals surface area contributed by atoms with Crippen molar-refractivity contribution in [2.75, 3.05) is 5.32 Å². The largest absolute Gasteiger partial charge is 0.319 e. The molecule has 2 aromatic carbocycles.